The Morgan fingerprint density at radius 2 is 1.88 bits per heavy atom. The molecule has 1 saturated carbocycles. The minimum atomic E-state index is -0.750. The molecule has 8 heteroatoms. The van der Waals surface area contributed by atoms with Gasteiger partial charge in [-0.05, 0) is 43.4 Å². The molecule has 182 valence electrons. The van der Waals surface area contributed by atoms with Crippen LogP contribution in [0.1, 0.15) is 70.8 Å². The lowest BCUT2D eigenvalue weighted by atomic mass is 9.82. The zero-order valence-electron chi connectivity index (χ0n) is 20.2. The number of nitrogens with zero attached hydrogens (tertiary/aromatic N) is 2. The van der Waals surface area contributed by atoms with E-state index in [1.165, 1.54) is 4.90 Å². The molecule has 3 rings (SSSR count). The molecule has 1 heterocycles. The number of urea groups is 1. The van der Waals surface area contributed by atoms with E-state index in [-0.39, 0.29) is 30.8 Å². The van der Waals surface area contributed by atoms with Gasteiger partial charge in [-0.1, -0.05) is 39.2 Å². The van der Waals surface area contributed by atoms with Crippen molar-refractivity contribution in [1.82, 2.24) is 15.1 Å². The molecule has 0 aromatic heterocycles. The fourth-order valence-corrected chi connectivity index (χ4v) is 4.66. The van der Waals surface area contributed by atoms with Gasteiger partial charge in [0.25, 0.3) is 5.91 Å². The topological polar surface area (TPSA) is 88.2 Å². The van der Waals surface area contributed by atoms with Crippen molar-refractivity contribution in [2.24, 2.45) is 0 Å². The largest absolute Gasteiger partial charge is 0.493 e. The molecule has 1 saturated heterocycles. The monoisotopic (exact) mass is 459 g/mol. The minimum Gasteiger partial charge on any atom is -0.493 e. The van der Waals surface area contributed by atoms with E-state index in [1.807, 2.05) is 32.0 Å². The maximum absolute atomic E-state index is 13.0. The summed E-state index contributed by atoms with van der Waals surface area (Å²) in [6.07, 6.45) is 6.17. The lowest BCUT2D eigenvalue weighted by Crippen LogP contribution is -2.48. The summed E-state index contributed by atoms with van der Waals surface area (Å²) < 4.78 is 11.2. The van der Waals surface area contributed by atoms with Crippen LogP contribution in [0.15, 0.2) is 18.2 Å². The molecule has 1 aromatic carbocycles. The molecular formula is C25H37N3O5. The molecule has 1 N–H and O–H groups in total. The number of benzene rings is 1. The lowest BCUT2D eigenvalue weighted by molar-refractivity contribution is -0.134. The average Bonchev–Trinajstić information content (AvgIpc) is 3.04. The smallest absolute Gasteiger partial charge is 0.325 e. The number of hydrogen-bond donors (Lipinski definition) is 1. The third kappa shape index (κ3) is 5.78. The third-order valence-electron chi connectivity index (χ3n) is 6.41. The molecule has 0 atom stereocenters. The number of rotatable bonds is 11. The number of carbonyl (C=O) groups excluding carboxylic acids is 3. The molecule has 0 bridgehead atoms. The lowest BCUT2D eigenvalue weighted by Gasteiger charge is -2.30. The molecule has 4 amide bonds. The number of hydrogen-bond acceptors (Lipinski definition) is 5. The Labute approximate surface area is 196 Å². The second-order valence-corrected chi connectivity index (χ2v) is 8.93. The molecule has 0 unspecified atom stereocenters. The Morgan fingerprint density at radius 3 is 2.55 bits per heavy atom. The summed E-state index contributed by atoms with van der Waals surface area (Å²) in [6, 6.07) is 5.33. The number of amides is 4. The molecule has 2 fully saturated rings. The Balaban J connectivity index is 1.62. The van der Waals surface area contributed by atoms with Gasteiger partial charge >= 0.3 is 6.03 Å². The van der Waals surface area contributed by atoms with Gasteiger partial charge in [-0.25, -0.2) is 4.79 Å². The first-order chi connectivity index (χ1) is 15.9. The molecule has 1 aromatic rings. The van der Waals surface area contributed by atoms with E-state index in [1.54, 1.807) is 12.0 Å². The average molecular weight is 460 g/mol. The zero-order valence-corrected chi connectivity index (χ0v) is 20.2. The summed E-state index contributed by atoms with van der Waals surface area (Å²) in [6.45, 7) is 5.82. The van der Waals surface area contributed by atoms with Crippen molar-refractivity contribution in [3.8, 4) is 11.5 Å². The number of imide groups is 1. The summed E-state index contributed by atoms with van der Waals surface area (Å²) >= 11 is 0. The van der Waals surface area contributed by atoms with Crippen molar-refractivity contribution in [2.75, 3.05) is 26.8 Å². The predicted molar refractivity (Wildman–Crippen MR) is 125 cm³/mol. The van der Waals surface area contributed by atoms with Gasteiger partial charge in [-0.15, -0.1) is 0 Å². The highest BCUT2D eigenvalue weighted by atomic mass is 16.5. The number of carbonyl (C=O) groups is 3. The fourth-order valence-electron chi connectivity index (χ4n) is 4.66. The van der Waals surface area contributed by atoms with Crippen LogP contribution >= 0.6 is 0 Å². The molecule has 1 aliphatic heterocycles. The van der Waals surface area contributed by atoms with Crippen LogP contribution in [0.4, 0.5) is 4.79 Å². The minimum absolute atomic E-state index is 0.0766. The standard InChI is InChI=1S/C25H37N3O5/c1-4-14-27(18-19-9-10-20(33-16-5-2)21(17-19)32-3)22(29)11-15-28-23(30)25(26-24(28)31)12-7-6-8-13-25/h9-10,17H,4-8,11-16,18H2,1-3H3,(H,26,31). The Hall–Kier alpha value is -2.77. The number of ether oxygens (including phenoxy) is 2. The Bertz CT molecular complexity index is 850. The van der Waals surface area contributed by atoms with Crippen LogP contribution in [-0.2, 0) is 16.1 Å². The summed E-state index contributed by atoms with van der Waals surface area (Å²) in [5, 5.41) is 2.91. The van der Waals surface area contributed by atoms with Crippen LogP contribution in [0, 0.1) is 0 Å². The van der Waals surface area contributed by atoms with Crippen LogP contribution < -0.4 is 14.8 Å². The molecule has 2 aliphatic rings. The van der Waals surface area contributed by atoms with Crippen molar-refractivity contribution in [2.45, 2.75) is 77.3 Å². The van der Waals surface area contributed by atoms with E-state index in [9.17, 15) is 14.4 Å². The van der Waals surface area contributed by atoms with Crippen LogP contribution in [0.3, 0.4) is 0 Å². The van der Waals surface area contributed by atoms with Gasteiger partial charge in [-0.3, -0.25) is 14.5 Å². The van der Waals surface area contributed by atoms with Gasteiger partial charge in [0.1, 0.15) is 5.54 Å². The van der Waals surface area contributed by atoms with Crippen molar-refractivity contribution >= 4 is 17.8 Å². The Kier molecular flexibility index (Phi) is 8.58. The molecular weight excluding hydrogens is 422 g/mol. The fraction of sp³-hybridized carbons (Fsp3) is 0.640. The highest BCUT2D eigenvalue weighted by molar-refractivity contribution is 6.07. The Morgan fingerprint density at radius 1 is 1.12 bits per heavy atom. The van der Waals surface area contributed by atoms with E-state index in [2.05, 4.69) is 5.32 Å². The number of nitrogens with one attached hydrogen (secondary N) is 1. The highest BCUT2D eigenvalue weighted by Crippen LogP contribution is 2.34. The van der Waals surface area contributed by atoms with Crippen molar-refractivity contribution in [3.05, 3.63) is 23.8 Å². The maximum Gasteiger partial charge on any atom is 0.325 e. The molecule has 8 nitrogen and oxygen atoms in total. The van der Waals surface area contributed by atoms with Gasteiger partial charge in [-0.2, -0.15) is 0 Å². The number of methoxy groups -OCH3 is 1. The van der Waals surface area contributed by atoms with E-state index >= 15 is 0 Å². The van der Waals surface area contributed by atoms with Gasteiger partial charge < -0.3 is 19.7 Å². The normalized spacial score (nSPS) is 17.2. The van der Waals surface area contributed by atoms with Crippen LogP contribution in [0.25, 0.3) is 0 Å². The molecule has 0 radical (unpaired) electrons. The van der Waals surface area contributed by atoms with Crippen LogP contribution in [-0.4, -0.2) is 60.0 Å². The molecule has 33 heavy (non-hydrogen) atoms. The van der Waals surface area contributed by atoms with E-state index < -0.39 is 5.54 Å². The first-order valence-corrected chi connectivity index (χ1v) is 12.2. The van der Waals surface area contributed by atoms with Crippen molar-refractivity contribution in [1.29, 1.82) is 0 Å². The van der Waals surface area contributed by atoms with Crippen LogP contribution in [0.2, 0.25) is 0 Å². The summed E-state index contributed by atoms with van der Waals surface area (Å²) in [5.74, 6) is 1.08. The van der Waals surface area contributed by atoms with Crippen molar-refractivity contribution in [3.63, 3.8) is 0 Å². The van der Waals surface area contributed by atoms with Crippen LogP contribution in [0.5, 0.6) is 11.5 Å². The second-order valence-electron chi connectivity index (χ2n) is 8.93. The maximum atomic E-state index is 13.0. The first-order valence-electron chi connectivity index (χ1n) is 12.2. The summed E-state index contributed by atoms with van der Waals surface area (Å²) in [7, 11) is 1.60. The molecule has 1 spiro atoms. The van der Waals surface area contributed by atoms with E-state index in [0.29, 0.717) is 44.0 Å². The van der Waals surface area contributed by atoms with Gasteiger partial charge in [0.05, 0.1) is 13.7 Å². The summed E-state index contributed by atoms with van der Waals surface area (Å²) in [4.78, 5) is 41.5. The van der Waals surface area contributed by atoms with E-state index in [4.69, 9.17) is 9.47 Å². The van der Waals surface area contributed by atoms with Gasteiger partial charge in [0, 0.05) is 26.1 Å². The summed E-state index contributed by atoms with van der Waals surface area (Å²) in [5.41, 5.74) is 0.188. The first kappa shape index (κ1) is 24.9. The predicted octanol–water partition coefficient (Wildman–Crippen LogP) is 3.87. The van der Waals surface area contributed by atoms with E-state index in [0.717, 1.165) is 37.7 Å². The zero-order chi connectivity index (χ0) is 23.8. The molecule has 1 aliphatic carbocycles. The highest BCUT2D eigenvalue weighted by Gasteiger charge is 2.51. The third-order valence-corrected chi connectivity index (χ3v) is 6.41. The quantitative estimate of drug-likeness (QED) is 0.508. The second kappa shape index (κ2) is 11.4. The van der Waals surface area contributed by atoms with Crippen molar-refractivity contribution < 1.29 is 23.9 Å². The van der Waals surface area contributed by atoms with Gasteiger partial charge in [0.15, 0.2) is 11.5 Å². The SMILES string of the molecule is CCCOc1ccc(CN(CCC)C(=O)CCN2C(=O)NC3(CCCCC3)C2=O)cc1OC. The van der Waals surface area contributed by atoms with Gasteiger partial charge in [0.2, 0.25) is 5.91 Å².